The molecule has 21 heavy (non-hydrogen) atoms. The van der Waals surface area contributed by atoms with Gasteiger partial charge in [0.1, 0.15) is 23.8 Å². The van der Waals surface area contributed by atoms with Gasteiger partial charge in [0, 0.05) is 12.3 Å². The lowest BCUT2D eigenvalue weighted by Crippen LogP contribution is -2.03. The van der Waals surface area contributed by atoms with Crippen LogP contribution in [0, 0.1) is 5.82 Å². The van der Waals surface area contributed by atoms with Gasteiger partial charge in [0.05, 0.1) is 17.5 Å². The van der Waals surface area contributed by atoms with Crippen LogP contribution >= 0.6 is 0 Å². The van der Waals surface area contributed by atoms with Crippen LogP contribution < -0.4 is 4.74 Å². The van der Waals surface area contributed by atoms with Gasteiger partial charge in [-0.2, -0.15) is 0 Å². The van der Waals surface area contributed by atoms with Crippen molar-refractivity contribution in [2.45, 2.75) is 6.61 Å². The summed E-state index contributed by atoms with van der Waals surface area (Å²) in [5.41, 5.74) is 1.46. The number of rotatable bonds is 4. The summed E-state index contributed by atoms with van der Waals surface area (Å²) in [7, 11) is 0. The Balaban J connectivity index is 1.86. The van der Waals surface area contributed by atoms with Crippen molar-refractivity contribution in [2.24, 2.45) is 0 Å². The first kappa shape index (κ1) is 13.1. The fourth-order valence-electron chi connectivity index (χ4n) is 1.98. The number of hydrogen-bond donors (Lipinski definition) is 1. The van der Waals surface area contributed by atoms with E-state index in [1.165, 1.54) is 24.4 Å². The molecule has 0 atom stereocenters. The first-order valence-electron chi connectivity index (χ1n) is 6.21. The zero-order chi connectivity index (χ0) is 14.8. The monoisotopic (exact) mass is 286 g/mol. The summed E-state index contributed by atoms with van der Waals surface area (Å²) in [5, 5.41) is 9.00. The third-order valence-electron chi connectivity index (χ3n) is 3.01. The summed E-state index contributed by atoms with van der Waals surface area (Å²) in [6.07, 6.45) is 3.08. The lowest BCUT2D eigenvalue weighted by molar-refractivity contribution is 0.0696. The molecule has 0 radical (unpaired) electrons. The molecule has 3 aromatic rings. The quantitative estimate of drug-likeness (QED) is 0.801. The second kappa shape index (κ2) is 5.24. The number of hydrogen-bond acceptors (Lipinski definition) is 3. The smallest absolute Gasteiger partial charge is 0.337 e. The van der Waals surface area contributed by atoms with Crippen LogP contribution in [0.4, 0.5) is 4.39 Å². The zero-order valence-corrected chi connectivity index (χ0v) is 10.9. The lowest BCUT2D eigenvalue weighted by atomic mass is 10.3. The largest absolute Gasteiger partial charge is 0.487 e. The highest BCUT2D eigenvalue weighted by atomic mass is 19.1. The Morgan fingerprint density at radius 2 is 2.19 bits per heavy atom. The number of imidazole rings is 1. The highest BCUT2D eigenvalue weighted by Crippen LogP contribution is 2.15. The van der Waals surface area contributed by atoms with Crippen molar-refractivity contribution in [3.05, 3.63) is 65.9 Å². The second-order valence-corrected chi connectivity index (χ2v) is 4.45. The van der Waals surface area contributed by atoms with E-state index >= 15 is 0 Å². The van der Waals surface area contributed by atoms with E-state index in [0.717, 1.165) is 0 Å². The number of carbonyl (C=O) groups is 1. The van der Waals surface area contributed by atoms with Crippen molar-refractivity contribution >= 4 is 11.6 Å². The molecule has 0 fully saturated rings. The van der Waals surface area contributed by atoms with E-state index in [-0.39, 0.29) is 18.0 Å². The van der Waals surface area contributed by atoms with Gasteiger partial charge in [-0.1, -0.05) is 6.07 Å². The van der Waals surface area contributed by atoms with Gasteiger partial charge in [0.2, 0.25) is 0 Å². The van der Waals surface area contributed by atoms with E-state index in [9.17, 15) is 9.18 Å². The first-order valence-corrected chi connectivity index (χ1v) is 6.21. The lowest BCUT2D eigenvalue weighted by Gasteiger charge is -2.06. The molecule has 0 aliphatic carbocycles. The van der Waals surface area contributed by atoms with Crippen LogP contribution in [-0.2, 0) is 6.61 Å². The number of fused-ring (bicyclic) bond motifs is 1. The molecule has 5 nitrogen and oxygen atoms in total. The van der Waals surface area contributed by atoms with E-state index in [2.05, 4.69) is 4.98 Å². The van der Waals surface area contributed by atoms with Crippen molar-refractivity contribution in [3.8, 4) is 5.75 Å². The molecule has 0 saturated heterocycles. The van der Waals surface area contributed by atoms with Crippen LogP contribution in [0.15, 0.2) is 48.8 Å². The minimum atomic E-state index is -1.01. The van der Waals surface area contributed by atoms with Crippen LogP contribution in [0.1, 0.15) is 16.1 Å². The van der Waals surface area contributed by atoms with E-state index in [4.69, 9.17) is 9.84 Å². The maximum absolute atomic E-state index is 13.1. The number of carboxylic acids is 1. The summed E-state index contributed by atoms with van der Waals surface area (Å²) >= 11 is 0. The van der Waals surface area contributed by atoms with Crippen molar-refractivity contribution in [2.75, 3.05) is 0 Å². The maximum atomic E-state index is 13.1. The molecule has 106 valence electrons. The third kappa shape index (κ3) is 2.69. The first-order chi connectivity index (χ1) is 10.1. The van der Waals surface area contributed by atoms with Crippen molar-refractivity contribution in [3.63, 3.8) is 0 Å². The molecule has 6 heteroatoms. The van der Waals surface area contributed by atoms with Gasteiger partial charge in [0.25, 0.3) is 0 Å². The maximum Gasteiger partial charge on any atom is 0.337 e. The van der Waals surface area contributed by atoms with Crippen LogP contribution in [-0.4, -0.2) is 20.5 Å². The van der Waals surface area contributed by atoms with Gasteiger partial charge in [0.15, 0.2) is 0 Å². The normalized spacial score (nSPS) is 10.7. The SMILES string of the molecule is O=C(O)c1ccc2ncc(COc3cccc(F)c3)n2c1. The molecule has 0 amide bonds. The van der Waals surface area contributed by atoms with E-state index in [1.807, 2.05) is 0 Å². The van der Waals surface area contributed by atoms with Gasteiger partial charge in [-0.15, -0.1) is 0 Å². The number of aromatic nitrogens is 2. The molecule has 0 bridgehead atoms. The summed E-state index contributed by atoms with van der Waals surface area (Å²) in [6.45, 7) is 0.160. The molecule has 1 N–H and O–H groups in total. The third-order valence-corrected chi connectivity index (χ3v) is 3.01. The van der Waals surface area contributed by atoms with E-state index in [1.54, 1.807) is 28.8 Å². The number of nitrogens with zero attached hydrogens (tertiary/aromatic N) is 2. The zero-order valence-electron chi connectivity index (χ0n) is 10.9. The number of pyridine rings is 1. The number of benzene rings is 1. The van der Waals surface area contributed by atoms with Gasteiger partial charge >= 0.3 is 5.97 Å². The van der Waals surface area contributed by atoms with Crippen molar-refractivity contribution < 1.29 is 19.0 Å². The Labute approximate surface area is 119 Å². The number of aromatic carboxylic acids is 1. The van der Waals surface area contributed by atoms with Crippen molar-refractivity contribution in [1.29, 1.82) is 0 Å². The number of ether oxygens (including phenoxy) is 1. The summed E-state index contributed by atoms with van der Waals surface area (Å²) in [4.78, 5) is 15.2. The standard InChI is InChI=1S/C15H11FN2O3/c16-11-2-1-3-13(6-11)21-9-12-7-17-14-5-4-10(15(19)20)8-18(12)14/h1-8H,9H2,(H,19,20). The average molecular weight is 286 g/mol. The van der Waals surface area contributed by atoms with Gasteiger partial charge in [-0.05, 0) is 24.3 Å². The topological polar surface area (TPSA) is 63.8 Å². The molecular formula is C15H11FN2O3. The minimum absolute atomic E-state index is 0.160. The predicted octanol–water partition coefficient (Wildman–Crippen LogP) is 2.75. The molecular weight excluding hydrogens is 275 g/mol. The summed E-state index contributed by atoms with van der Waals surface area (Å²) in [5.74, 6) is -0.985. The Bertz CT molecular complexity index is 814. The Kier molecular flexibility index (Phi) is 3.27. The summed E-state index contributed by atoms with van der Waals surface area (Å²) < 4.78 is 20.2. The molecule has 1 aromatic carbocycles. The van der Waals surface area contributed by atoms with Gasteiger partial charge in [-0.25, -0.2) is 14.2 Å². The molecule has 0 unspecified atom stereocenters. The van der Waals surface area contributed by atoms with Crippen LogP contribution in [0.25, 0.3) is 5.65 Å². The van der Waals surface area contributed by atoms with Crippen LogP contribution in [0.2, 0.25) is 0 Å². The minimum Gasteiger partial charge on any atom is -0.487 e. The number of halogens is 1. The predicted molar refractivity (Wildman–Crippen MR) is 72.9 cm³/mol. The molecule has 0 spiro atoms. The molecule has 2 heterocycles. The second-order valence-electron chi connectivity index (χ2n) is 4.45. The number of carboxylic acid groups (broad SMARTS) is 1. The molecule has 0 aliphatic heterocycles. The fraction of sp³-hybridized carbons (Fsp3) is 0.0667. The summed E-state index contributed by atoms with van der Waals surface area (Å²) in [6, 6.07) is 8.93. The van der Waals surface area contributed by atoms with E-state index < -0.39 is 5.97 Å². The highest BCUT2D eigenvalue weighted by molar-refractivity contribution is 5.87. The van der Waals surface area contributed by atoms with Crippen LogP contribution in [0.5, 0.6) is 5.75 Å². The van der Waals surface area contributed by atoms with Gasteiger partial charge < -0.3 is 9.84 Å². The fourth-order valence-corrected chi connectivity index (χ4v) is 1.98. The van der Waals surface area contributed by atoms with Gasteiger partial charge in [-0.3, -0.25) is 4.40 Å². The van der Waals surface area contributed by atoms with Crippen LogP contribution in [0.3, 0.4) is 0 Å². The molecule has 2 aromatic heterocycles. The highest BCUT2D eigenvalue weighted by Gasteiger charge is 2.08. The molecule has 0 saturated carbocycles. The molecule has 3 rings (SSSR count). The molecule has 0 aliphatic rings. The van der Waals surface area contributed by atoms with E-state index in [0.29, 0.717) is 17.1 Å². The van der Waals surface area contributed by atoms with Crippen molar-refractivity contribution in [1.82, 2.24) is 9.38 Å². The Hall–Kier alpha value is -2.89. The average Bonchev–Trinajstić information content (AvgIpc) is 2.87. The Morgan fingerprint density at radius 3 is 2.95 bits per heavy atom. The Morgan fingerprint density at radius 1 is 1.33 bits per heavy atom.